The standard InChI is InChI=1S/C17H15ClF2N2O3/c1-4-25-17(24)11(8-22(2)3)15(23)10-5-9-6-12(19)13(20)7-14(9)21-16(10)18/h5-8H,4H2,1-3H3/b11-8-. The van der Waals surface area contributed by atoms with Gasteiger partial charge in [0.15, 0.2) is 11.6 Å². The molecule has 0 aliphatic carbocycles. The van der Waals surface area contributed by atoms with Crippen LogP contribution >= 0.6 is 11.6 Å². The quantitative estimate of drug-likeness (QED) is 0.202. The number of carbonyl (C=O) groups is 2. The molecule has 0 aliphatic heterocycles. The number of ether oxygens (including phenoxy) is 1. The zero-order chi connectivity index (χ0) is 18.7. The minimum absolute atomic E-state index is 0.0884. The fourth-order valence-corrected chi connectivity index (χ4v) is 2.35. The lowest BCUT2D eigenvalue weighted by atomic mass is 10.0. The van der Waals surface area contributed by atoms with E-state index in [1.807, 2.05) is 0 Å². The van der Waals surface area contributed by atoms with Crippen LogP contribution in [0.5, 0.6) is 0 Å². The van der Waals surface area contributed by atoms with Gasteiger partial charge in [0.05, 0.1) is 17.7 Å². The van der Waals surface area contributed by atoms with Crippen LogP contribution in [0.4, 0.5) is 8.78 Å². The van der Waals surface area contributed by atoms with Crippen LogP contribution in [0.2, 0.25) is 5.15 Å². The molecule has 0 bridgehead atoms. The third kappa shape index (κ3) is 4.11. The third-order valence-corrected chi connectivity index (χ3v) is 3.47. The first-order valence-corrected chi connectivity index (χ1v) is 7.67. The van der Waals surface area contributed by atoms with E-state index in [4.69, 9.17) is 16.3 Å². The number of carbonyl (C=O) groups excluding carboxylic acids is 2. The summed E-state index contributed by atoms with van der Waals surface area (Å²) in [5, 5.41) is -0.0443. The van der Waals surface area contributed by atoms with E-state index in [2.05, 4.69) is 4.98 Å². The van der Waals surface area contributed by atoms with Crippen molar-refractivity contribution in [2.24, 2.45) is 0 Å². The highest BCUT2D eigenvalue weighted by Gasteiger charge is 2.25. The second kappa shape index (κ2) is 7.57. The number of aromatic nitrogens is 1. The maximum Gasteiger partial charge on any atom is 0.343 e. The molecule has 1 aromatic heterocycles. The van der Waals surface area contributed by atoms with Gasteiger partial charge < -0.3 is 9.64 Å². The van der Waals surface area contributed by atoms with Crippen molar-refractivity contribution in [1.82, 2.24) is 9.88 Å². The topological polar surface area (TPSA) is 59.5 Å². The van der Waals surface area contributed by atoms with E-state index in [1.54, 1.807) is 21.0 Å². The Balaban J connectivity index is 2.58. The molecular formula is C17H15ClF2N2O3. The summed E-state index contributed by atoms with van der Waals surface area (Å²) in [7, 11) is 3.26. The van der Waals surface area contributed by atoms with Crippen LogP contribution in [0, 0.1) is 11.6 Å². The van der Waals surface area contributed by atoms with Crippen molar-refractivity contribution < 1.29 is 23.1 Å². The minimum Gasteiger partial charge on any atom is -0.462 e. The molecule has 0 fully saturated rings. The average Bonchev–Trinajstić information content (AvgIpc) is 2.53. The summed E-state index contributed by atoms with van der Waals surface area (Å²) >= 11 is 6.01. The van der Waals surface area contributed by atoms with Crippen molar-refractivity contribution in [3.05, 3.63) is 52.3 Å². The first-order valence-electron chi connectivity index (χ1n) is 7.30. The summed E-state index contributed by atoms with van der Waals surface area (Å²) in [6.07, 6.45) is 1.30. The number of esters is 1. The Bertz CT molecular complexity index is 882. The number of halogens is 3. The Labute approximate surface area is 147 Å². The van der Waals surface area contributed by atoms with Gasteiger partial charge in [-0.3, -0.25) is 4.79 Å². The zero-order valence-electron chi connectivity index (χ0n) is 13.8. The number of Topliss-reactive ketones (excluding diaryl/α,β-unsaturated/α-hetero) is 1. The molecule has 1 aromatic carbocycles. The van der Waals surface area contributed by atoms with E-state index in [1.165, 1.54) is 17.2 Å². The number of nitrogens with zero attached hydrogens (tertiary/aromatic N) is 2. The van der Waals surface area contributed by atoms with Crippen LogP contribution in [0.3, 0.4) is 0 Å². The van der Waals surface area contributed by atoms with Gasteiger partial charge in [0.1, 0.15) is 10.7 Å². The molecule has 0 saturated carbocycles. The van der Waals surface area contributed by atoms with E-state index < -0.39 is 23.4 Å². The first kappa shape index (κ1) is 18.8. The van der Waals surface area contributed by atoms with Gasteiger partial charge in [-0.15, -0.1) is 0 Å². The number of ketones is 1. The van der Waals surface area contributed by atoms with E-state index in [0.29, 0.717) is 0 Å². The molecule has 0 atom stereocenters. The molecule has 0 radical (unpaired) electrons. The van der Waals surface area contributed by atoms with Crippen LogP contribution < -0.4 is 0 Å². The summed E-state index contributed by atoms with van der Waals surface area (Å²) in [5.41, 5.74) is -0.270. The molecule has 0 amide bonds. The fourth-order valence-electron chi connectivity index (χ4n) is 2.12. The van der Waals surface area contributed by atoms with Gasteiger partial charge in [0.25, 0.3) is 0 Å². The Morgan fingerprint density at radius 3 is 2.48 bits per heavy atom. The summed E-state index contributed by atoms with van der Waals surface area (Å²) in [6.45, 7) is 1.70. The summed E-state index contributed by atoms with van der Waals surface area (Å²) in [4.78, 5) is 30.2. The smallest absolute Gasteiger partial charge is 0.343 e. The molecule has 0 aliphatic rings. The minimum atomic E-state index is -1.08. The van der Waals surface area contributed by atoms with Crippen LogP contribution in [-0.2, 0) is 9.53 Å². The van der Waals surface area contributed by atoms with E-state index in [0.717, 1.165) is 12.1 Å². The van der Waals surface area contributed by atoms with Gasteiger partial charge in [-0.05, 0) is 19.1 Å². The van der Waals surface area contributed by atoms with Gasteiger partial charge in [-0.25, -0.2) is 18.6 Å². The van der Waals surface area contributed by atoms with Crippen molar-refractivity contribution in [2.45, 2.75) is 6.92 Å². The molecule has 2 rings (SSSR count). The fraction of sp³-hybridized carbons (Fsp3) is 0.235. The van der Waals surface area contributed by atoms with Crippen LogP contribution in [0.25, 0.3) is 10.9 Å². The molecule has 25 heavy (non-hydrogen) atoms. The van der Waals surface area contributed by atoms with E-state index in [9.17, 15) is 18.4 Å². The number of benzene rings is 1. The molecule has 0 saturated heterocycles. The lowest BCUT2D eigenvalue weighted by molar-refractivity contribution is -0.138. The van der Waals surface area contributed by atoms with Gasteiger partial charge in [0.2, 0.25) is 5.78 Å². The number of pyridine rings is 1. The zero-order valence-corrected chi connectivity index (χ0v) is 14.5. The normalized spacial score (nSPS) is 11.5. The summed E-state index contributed by atoms with van der Waals surface area (Å²) < 4.78 is 31.6. The van der Waals surface area contributed by atoms with Crippen molar-refractivity contribution in [3.8, 4) is 0 Å². The summed E-state index contributed by atoms with van der Waals surface area (Å²) in [6, 6.07) is 3.05. The van der Waals surface area contributed by atoms with Crippen LogP contribution in [0.15, 0.2) is 30.0 Å². The summed E-state index contributed by atoms with van der Waals surface area (Å²) in [5.74, 6) is -3.70. The monoisotopic (exact) mass is 368 g/mol. The SMILES string of the molecule is CCOC(=O)/C(=C\N(C)C)C(=O)c1cc2cc(F)c(F)cc2nc1Cl. The molecule has 8 heteroatoms. The van der Waals surface area contributed by atoms with Crippen LogP contribution in [0.1, 0.15) is 17.3 Å². The first-order chi connectivity index (χ1) is 11.7. The molecule has 5 nitrogen and oxygen atoms in total. The molecular weight excluding hydrogens is 354 g/mol. The molecule has 1 heterocycles. The number of hydrogen-bond acceptors (Lipinski definition) is 5. The van der Waals surface area contributed by atoms with Gasteiger partial charge >= 0.3 is 5.97 Å². The highest BCUT2D eigenvalue weighted by molar-refractivity contribution is 6.36. The Morgan fingerprint density at radius 2 is 1.88 bits per heavy atom. The molecule has 0 N–H and O–H groups in total. The number of fused-ring (bicyclic) bond motifs is 1. The maximum atomic E-state index is 13.4. The van der Waals surface area contributed by atoms with Crippen molar-refractivity contribution >= 4 is 34.3 Å². The highest BCUT2D eigenvalue weighted by Crippen LogP contribution is 2.25. The predicted octanol–water partition coefficient (Wildman–Crippen LogP) is 3.36. The van der Waals surface area contributed by atoms with Gasteiger partial charge in [0, 0.05) is 31.7 Å². The van der Waals surface area contributed by atoms with Gasteiger partial charge in [-0.1, -0.05) is 11.6 Å². The van der Waals surface area contributed by atoms with Crippen molar-refractivity contribution in [1.29, 1.82) is 0 Å². The highest BCUT2D eigenvalue weighted by atomic mass is 35.5. The molecule has 0 unspecified atom stereocenters. The Kier molecular flexibility index (Phi) is 5.69. The maximum absolute atomic E-state index is 13.4. The van der Waals surface area contributed by atoms with E-state index in [-0.39, 0.29) is 33.8 Å². The molecule has 132 valence electrons. The second-order valence-electron chi connectivity index (χ2n) is 5.34. The van der Waals surface area contributed by atoms with Crippen molar-refractivity contribution in [3.63, 3.8) is 0 Å². The molecule has 0 spiro atoms. The Morgan fingerprint density at radius 1 is 1.24 bits per heavy atom. The van der Waals surface area contributed by atoms with Crippen molar-refractivity contribution in [2.75, 3.05) is 20.7 Å². The predicted molar refractivity (Wildman–Crippen MR) is 89.4 cm³/mol. The molecule has 2 aromatic rings. The largest absolute Gasteiger partial charge is 0.462 e. The van der Waals surface area contributed by atoms with E-state index >= 15 is 0 Å². The average molecular weight is 369 g/mol. The number of rotatable bonds is 5. The third-order valence-electron chi connectivity index (χ3n) is 3.18. The Hall–Kier alpha value is -2.54. The second-order valence-corrected chi connectivity index (χ2v) is 5.70. The number of hydrogen-bond donors (Lipinski definition) is 0. The lowest BCUT2D eigenvalue weighted by Crippen LogP contribution is -2.20. The lowest BCUT2D eigenvalue weighted by Gasteiger charge is -2.12. The van der Waals surface area contributed by atoms with Gasteiger partial charge in [-0.2, -0.15) is 0 Å². The van der Waals surface area contributed by atoms with Crippen LogP contribution in [-0.4, -0.2) is 42.3 Å².